The summed E-state index contributed by atoms with van der Waals surface area (Å²) in [6, 6.07) is 9.27. The second-order valence-electron chi connectivity index (χ2n) is 5.74. The van der Waals surface area contributed by atoms with Crippen LogP contribution < -0.4 is 14.8 Å². The van der Waals surface area contributed by atoms with Crippen LogP contribution in [0.1, 0.15) is 24.0 Å². The minimum Gasteiger partial charge on any atom is -0.493 e. The summed E-state index contributed by atoms with van der Waals surface area (Å²) in [5.74, 6) is 1.28. The van der Waals surface area contributed by atoms with Gasteiger partial charge < -0.3 is 19.9 Å². The van der Waals surface area contributed by atoms with E-state index in [1.54, 1.807) is 19.2 Å². The zero-order valence-corrected chi connectivity index (χ0v) is 17.6. The van der Waals surface area contributed by atoms with Crippen LogP contribution >= 0.6 is 39.1 Å². The van der Waals surface area contributed by atoms with Gasteiger partial charge in [-0.05, 0) is 65.1 Å². The monoisotopic (exact) mass is 461 g/mol. The highest BCUT2D eigenvalue weighted by molar-refractivity contribution is 9.10. The Balaban J connectivity index is 2.03. The SMILES string of the molecule is COc1cc(CNCCCCO)cc(Br)c1OCc1ccc(Cl)cc1Cl. The number of benzene rings is 2. The zero-order chi connectivity index (χ0) is 18.9. The minimum absolute atomic E-state index is 0.227. The molecule has 0 aliphatic rings. The Morgan fingerprint density at radius 3 is 2.65 bits per heavy atom. The summed E-state index contributed by atoms with van der Waals surface area (Å²) in [4.78, 5) is 0. The van der Waals surface area contributed by atoms with E-state index in [1.807, 2.05) is 18.2 Å². The highest BCUT2D eigenvalue weighted by atomic mass is 79.9. The number of aliphatic hydroxyl groups excluding tert-OH is 1. The van der Waals surface area contributed by atoms with Crippen LogP contribution in [0.15, 0.2) is 34.8 Å². The molecule has 0 amide bonds. The van der Waals surface area contributed by atoms with Gasteiger partial charge in [0.25, 0.3) is 0 Å². The van der Waals surface area contributed by atoms with Crippen LogP contribution in [0, 0.1) is 0 Å². The van der Waals surface area contributed by atoms with Crippen LogP contribution in [0.2, 0.25) is 10.0 Å². The Morgan fingerprint density at radius 2 is 1.96 bits per heavy atom. The number of hydrogen-bond acceptors (Lipinski definition) is 4. The molecule has 0 aliphatic carbocycles. The van der Waals surface area contributed by atoms with Crippen LogP contribution in [-0.4, -0.2) is 25.4 Å². The molecular formula is C19H22BrCl2NO3. The fraction of sp³-hybridized carbons (Fsp3) is 0.368. The number of unbranched alkanes of at least 4 members (excludes halogenated alkanes) is 1. The summed E-state index contributed by atoms with van der Waals surface area (Å²) in [6.45, 7) is 2.10. The van der Waals surface area contributed by atoms with Crippen molar-refractivity contribution >= 4 is 39.1 Å². The fourth-order valence-corrected chi connectivity index (χ4v) is 3.47. The number of halogens is 3. The first-order chi connectivity index (χ1) is 12.5. The zero-order valence-electron chi connectivity index (χ0n) is 14.5. The Labute approximate surface area is 172 Å². The van der Waals surface area contributed by atoms with Crippen LogP contribution in [0.3, 0.4) is 0 Å². The van der Waals surface area contributed by atoms with Crippen molar-refractivity contribution in [1.82, 2.24) is 5.32 Å². The third-order valence-corrected chi connectivity index (χ3v) is 4.94. The molecule has 2 rings (SSSR count). The lowest BCUT2D eigenvalue weighted by molar-refractivity contribution is 0.282. The van der Waals surface area contributed by atoms with Gasteiger partial charge in [0.05, 0.1) is 11.6 Å². The number of ether oxygens (including phenoxy) is 2. The predicted octanol–water partition coefficient (Wildman–Crippen LogP) is 5.21. The maximum atomic E-state index is 8.80. The lowest BCUT2D eigenvalue weighted by atomic mass is 10.2. The van der Waals surface area contributed by atoms with E-state index in [4.69, 9.17) is 37.8 Å². The molecule has 142 valence electrons. The van der Waals surface area contributed by atoms with Gasteiger partial charge in [0, 0.05) is 28.8 Å². The largest absolute Gasteiger partial charge is 0.493 e. The highest BCUT2D eigenvalue weighted by Gasteiger charge is 2.13. The van der Waals surface area contributed by atoms with E-state index in [-0.39, 0.29) is 6.61 Å². The molecule has 0 unspecified atom stereocenters. The lowest BCUT2D eigenvalue weighted by Crippen LogP contribution is -2.15. The summed E-state index contributed by atoms with van der Waals surface area (Å²) >= 11 is 15.7. The molecule has 0 saturated carbocycles. The molecule has 0 radical (unpaired) electrons. The first-order valence-corrected chi connectivity index (χ1v) is 9.84. The maximum absolute atomic E-state index is 8.80. The van der Waals surface area contributed by atoms with E-state index in [1.165, 1.54) is 0 Å². The summed E-state index contributed by atoms with van der Waals surface area (Å²) in [5, 5.41) is 13.3. The molecule has 2 aromatic rings. The molecule has 0 saturated heterocycles. The maximum Gasteiger partial charge on any atom is 0.175 e. The van der Waals surface area contributed by atoms with Gasteiger partial charge >= 0.3 is 0 Å². The van der Waals surface area contributed by atoms with Gasteiger partial charge in [-0.1, -0.05) is 29.3 Å². The van der Waals surface area contributed by atoms with Crippen molar-refractivity contribution in [2.45, 2.75) is 26.0 Å². The van der Waals surface area contributed by atoms with E-state index in [0.717, 1.165) is 35.0 Å². The molecule has 0 atom stereocenters. The van der Waals surface area contributed by atoms with Crippen molar-refractivity contribution in [1.29, 1.82) is 0 Å². The third kappa shape index (κ3) is 6.32. The first kappa shape index (κ1) is 21.3. The van der Waals surface area contributed by atoms with Crippen molar-refractivity contribution < 1.29 is 14.6 Å². The number of aliphatic hydroxyl groups is 1. The number of nitrogens with one attached hydrogen (secondary N) is 1. The van der Waals surface area contributed by atoms with Crippen molar-refractivity contribution in [3.05, 3.63) is 56.0 Å². The Kier molecular flexibility index (Phi) is 9.02. The first-order valence-electron chi connectivity index (χ1n) is 8.30. The van der Waals surface area contributed by atoms with Crippen LogP contribution in [0.25, 0.3) is 0 Å². The highest BCUT2D eigenvalue weighted by Crippen LogP contribution is 2.37. The number of methoxy groups -OCH3 is 1. The van der Waals surface area contributed by atoms with Gasteiger partial charge in [-0.2, -0.15) is 0 Å². The van der Waals surface area contributed by atoms with Gasteiger partial charge in [0.2, 0.25) is 0 Å². The van der Waals surface area contributed by atoms with E-state index in [0.29, 0.717) is 34.7 Å². The fourth-order valence-electron chi connectivity index (χ4n) is 2.40. The summed E-state index contributed by atoms with van der Waals surface area (Å²) in [7, 11) is 1.61. The molecule has 0 bridgehead atoms. The second-order valence-corrected chi connectivity index (χ2v) is 7.44. The molecule has 2 N–H and O–H groups in total. The predicted molar refractivity (Wildman–Crippen MR) is 110 cm³/mol. The Morgan fingerprint density at radius 1 is 1.15 bits per heavy atom. The lowest BCUT2D eigenvalue weighted by Gasteiger charge is -2.15. The van der Waals surface area contributed by atoms with Crippen molar-refractivity contribution in [2.24, 2.45) is 0 Å². The standard InChI is InChI=1S/C19H22BrCl2NO3/c1-25-18-9-13(11-23-6-2-3-7-24)8-16(20)19(18)26-12-14-4-5-15(21)10-17(14)22/h4-5,8-10,23-24H,2-3,6-7,11-12H2,1H3. The summed E-state index contributed by atoms with van der Waals surface area (Å²) in [6.07, 6.45) is 1.75. The molecule has 0 spiro atoms. The van der Waals surface area contributed by atoms with Gasteiger partial charge in [0.1, 0.15) is 6.61 Å². The van der Waals surface area contributed by atoms with Crippen LogP contribution in [0.5, 0.6) is 11.5 Å². The van der Waals surface area contributed by atoms with Gasteiger partial charge in [0.15, 0.2) is 11.5 Å². The van der Waals surface area contributed by atoms with Gasteiger partial charge in [-0.25, -0.2) is 0 Å². The third-order valence-electron chi connectivity index (χ3n) is 3.77. The quantitative estimate of drug-likeness (QED) is 0.476. The van der Waals surface area contributed by atoms with Crippen molar-refractivity contribution in [2.75, 3.05) is 20.3 Å². The average Bonchev–Trinajstić information content (AvgIpc) is 2.61. The Hall–Kier alpha value is -0.980. The molecule has 4 nitrogen and oxygen atoms in total. The molecule has 2 aromatic carbocycles. The smallest absolute Gasteiger partial charge is 0.175 e. The minimum atomic E-state index is 0.227. The molecule has 26 heavy (non-hydrogen) atoms. The molecular weight excluding hydrogens is 441 g/mol. The van der Waals surface area contributed by atoms with E-state index < -0.39 is 0 Å². The molecule has 0 aliphatic heterocycles. The topological polar surface area (TPSA) is 50.7 Å². The van der Waals surface area contributed by atoms with E-state index in [2.05, 4.69) is 21.2 Å². The second kappa shape index (κ2) is 11.0. The van der Waals surface area contributed by atoms with Crippen molar-refractivity contribution in [3.8, 4) is 11.5 Å². The molecule has 0 heterocycles. The van der Waals surface area contributed by atoms with Gasteiger partial charge in [-0.15, -0.1) is 0 Å². The van der Waals surface area contributed by atoms with Crippen LogP contribution in [-0.2, 0) is 13.2 Å². The van der Waals surface area contributed by atoms with Crippen molar-refractivity contribution in [3.63, 3.8) is 0 Å². The van der Waals surface area contributed by atoms with Crippen LogP contribution in [0.4, 0.5) is 0 Å². The van der Waals surface area contributed by atoms with Gasteiger partial charge in [-0.3, -0.25) is 0 Å². The summed E-state index contributed by atoms with van der Waals surface area (Å²) < 4.78 is 12.2. The van der Waals surface area contributed by atoms with E-state index >= 15 is 0 Å². The number of rotatable bonds is 10. The average molecular weight is 463 g/mol. The van der Waals surface area contributed by atoms with E-state index in [9.17, 15) is 0 Å². The number of hydrogen-bond donors (Lipinski definition) is 2. The summed E-state index contributed by atoms with van der Waals surface area (Å²) in [5.41, 5.74) is 1.93. The molecule has 0 fully saturated rings. The Bertz CT molecular complexity index is 728. The molecule has 7 heteroatoms. The molecule has 0 aromatic heterocycles. The normalized spacial score (nSPS) is 10.8.